The lowest BCUT2D eigenvalue weighted by atomic mass is 10.2. The highest BCUT2D eigenvalue weighted by atomic mass is 79.9. The van der Waals surface area contributed by atoms with E-state index in [1.165, 1.54) is 0 Å². The molecule has 0 saturated heterocycles. The fraction of sp³-hybridized carbons (Fsp3) is 0.417. The third-order valence-corrected chi connectivity index (χ3v) is 3.37. The van der Waals surface area contributed by atoms with E-state index in [2.05, 4.69) is 26.1 Å². The third kappa shape index (κ3) is 3.66. The molecule has 1 saturated carbocycles. The molecule has 0 spiro atoms. The molecule has 2 rings (SSSR count). The Morgan fingerprint density at radius 3 is 2.89 bits per heavy atom. The first-order valence-electron chi connectivity index (χ1n) is 5.99. The van der Waals surface area contributed by atoms with Crippen LogP contribution in [0.2, 0.25) is 0 Å². The Kier molecular flexibility index (Phi) is 4.36. The van der Waals surface area contributed by atoms with E-state index < -0.39 is 0 Å². The van der Waals surface area contributed by atoms with E-state index in [1.54, 1.807) is 23.4 Å². The van der Waals surface area contributed by atoms with Gasteiger partial charge in [-0.1, -0.05) is 5.16 Å². The van der Waals surface area contributed by atoms with Crippen LogP contribution in [0, 0.1) is 0 Å². The smallest absolute Gasteiger partial charge is 0.255 e. The number of aromatic nitrogens is 1. The number of amides is 1. The Morgan fingerprint density at radius 1 is 1.58 bits per heavy atom. The lowest BCUT2D eigenvalue weighted by molar-refractivity contribution is 0.0747. The minimum absolute atomic E-state index is 0.0676. The Bertz CT molecular complexity index is 502. The maximum atomic E-state index is 12.4. The van der Waals surface area contributed by atoms with E-state index in [4.69, 9.17) is 10.9 Å². The number of nitrogens with zero attached hydrogens (tertiary/aromatic N) is 3. The molecule has 1 aliphatic rings. The number of halogens is 1. The molecular weight excluding hydrogens is 312 g/mol. The molecule has 3 N–H and O–H groups in total. The van der Waals surface area contributed by atoms with Gasteiger partial charge in [0.25, 0.3) is 5.91 Å². The van der Waals surface area contributed by atoms with Crippen molar-refractivity contribution in [2.75, 3.05) is 6.54 Å². The number of nitrogens with two attached hydrogens (primary N) is 1. The van der Waals surface area contributed by atoms with Crippen molar-refractivity contribution in [2.45, 2.75) is 25.3 Å². The lowest BCUT2D eigenvalue weighted by Crippen LogP contribution is -2.36. The zero-order valence-electron chi connectivity index (χ0n) is 10.3. The van der Waals surface area contributed by atoms with Crippen LogP contribution in [0.15, 0.2) is 28.1 Å². The minimum Gasteiger partial charge on any atom is -0.409 e. The Labute approximate surface area is 119 Å². The molecule has 0 atom stereocenters. The van der Waals surface area contributed by atoms with Gasteiger partial charge in [0.1, 0.15) is 5.84 Å². The zero-order valence-corrected chi connectivity index (χ0v) is 11.9. The number of pyridine rings is 1. The molecule has 0 unspecified atom stereocenters. The Morgan fingerprint density at radius 2 is 2.32 bits per heavy atom. The summed E-state index contributed by atoms with van der Waals surface area (Å²) in [5.74, 6) is 0.0628. The summed E-state index contributed by atoms with van der Waals surface area (Å²) >= 11 is 3.30. The minimum atomic E-state index is -0.0676. The summed E-state index contributed by atoms with van der Waals surface area (Å²) in [6.07, 6.45) is 5.55. The number of oxime groups is 1. The molecule has 1 aliphatic carbocycles. The van der Waals surface area contributed by atoms with Crippen LogP contribution in [0.1, 0.15) is 29.6 Å². The van der Waals surface area contributed by atoms with Gasteiger partial charge in [-0.3, -0.25) is 9.78 Å². The molecule has 0 bridgehead atoms. The highest BCUT2D eigenvalue weighted by Crippen LogP contribution is 2.28. The lowest BCUT2D eigenvalue weighted by Gasteiger charge is -2.22. The zero-order chi connectivity index (χ0) is 13.8. The van der Waals surface area contributed by atoms with Crippen molar-refractivity contribution in [3.63, 3.8) is 0 Å². The van der Waals surface area contributed by atoms with Crippen molar-refractivity contribution in [2.24, 2.45) is 10.9 Å². The molecule has 19 heavy (non-hydrogen) atoms. The molecule has 7 heteroatoms. The SMILES string of the molecule is N/C(CCN(C(=O)c1cncc(Br)c1)C1CC1)=N/O. The largest absolute Gasteiger partial charge is 0.409 e. The molecule has 0 aliphatic heterocycles. The normalized spacial score (nSPS) is 15.3. The van der Waals surface area contributed by atoms with Gasteiger partial charge in [-0.05, 0) is 34.8 Å². The van der Waals surface area contributed by atoms with Gasteiger partial charge in [0, 0.05) is 35.9 Å². The maximum Gasteiger partial charge on any atom is 0.255 e. The van der Waals surface area contributed by atoms with Gasteiger partial charge in [0.15, 0.2) is 0 Å². The molecule has 1 fully saturated rings. The van der Waals surface area contributed by atoms with E-state index in [1.807, 2.05) is 0 Å². The van der Waals surface area contributed by atoms with Crippen molar-refractivity contribution in [3.8, 4) is 0 Å². The quantitative estimate of drug-likeness (QED) is 0.372. The molecule has 1 heterocycles. The fourth-order valence-electron chi connectivity index (χ4n) is 1.82. The molecule has 0 radical (unpaired) electrons. The first-order valence-corrected chi connectivity index (χ1v) is 6.79. The molecule has 0 aromatic carbocycles. The summed E-state index contributed by atoms with van der Waals surface area (Å²) in [7, 11) is 0. The average Bonchev–Trinajstić information content (AvgIpc) is 3.23. The van der Waals surface area contributed by atoms with Crippen LogP contribution in [-0.2, 0) is 0 Å². The number of amidine groups is 1. The van der Waals surface area contributed by atoms with Crippen LogP contribution >= 0.6 is 15.9 Å². The van der Waals surface area contributed by atoms with Crippen molar-refractivity contribution in [3.05, 3.63) is 28.5 Å². The van der Waals surface area contributed by atoms with Crippen LogP contribution in [0.25, 0.3) is 0 Å². The first-order chi connectivity index (χ1) is 9.11. The van der Waals surface area contributed by atoms with E-state index in [-0.39, 0.29) is 17.8 Å². The van der Waals surface area contributed by atoms with Gasteiger partial charge < -0.3 is 15.8 Å². The van der Waals surface area contributed by atoms with Crippen LogP contribution in [-0.4, -0.2) is 39.4 Å². The fourth-order valence-corrected chi connectivity index (χ4v) is 2.18. The van der Waals surface area contributed by atoms with Gasteiger partial charge in [0.05, 0.1) is 5.56 Å². The monoisotopic (exact) mass is 326 g/mol. The summed E-state index contributed by atoms with van der Waals surface area (Å²) < 4.78 is 0.769. The number of rotatable bonds is 5. The summed E-state index contributed by atoms with van der Waals surface area (Å²) in [5.41, 5.74) is 5.99. The molecular formula is C12H15BrN4O2. The average molecular weight is 327 g/mol. The van der Waals surface area contributed by atoms with Gasteiger partial charge >= 0.3 is 0 Å². The van der Waals surface area contributed by atoms with E-state index in [0.717, 1.165) is 17.3 Å². The van der Waals surface area contributed by atoms with Crippen LogP contribution in [0.4, 0.5) is 0 Å². The molecule has 6 nitrogen and oxygen atoms in total. The summed E-state index contributed by atoms with van der Waals surface area (Å²) in [6, 6.07) is 2.01. The molecule has 1 aromatic rings. The van der Waals surface area contributed by atoms with Gasteiger partial charge in [0.2, 0.25) is 0 Å². The topological polar surface area (TPSA) is 91.8 Å². The maximum absolute atomic E-state index is 12.4. The predicted octanol–water partition coefficient (Wildman–Crippen LogP) is 1.59. The molecule has 102 valence electrons. The summed E-state index contributed by atoms with van der Waals surface area (Å²) in [6.45, 7) is 0.450. The second-order valence-corrected chi connectivity index (χ2v) is 5.38. The second kappa shape index (κ2) is 6.01. The van der Waals surface area contributed by atoms with E-state index in [0.29, 0.717) is 18.5 Å². The van der Waals surface area contributed by atoms with Crippen LogP contribution in [0.5, 0.6) is 0 Å². The molecule has 1 amide bonds. The highest BCUT2D eigenvalue weighted by Gasteiger charge is 2.33. The van der Waals surface area contributed by atoms with E-state index >= 15 is 0 Å². The highest BCUT2D eigenvalue weighted by molar-refractivity contribution is 9.10. The number of hydrogen-bond donors (Lipinski definition) is 2. The number of carbonyl (C=O) groups is 1. The first kappa shape index (κ1) is 13.8. The standard InChI is InChI=1S/C12H15BrN4O2/c13-9-5-8(6-15-7-9)12(18)17(10-1-2-10)4-3-11(14)16-19/h5-7,10,19H,1-4H2,(H2,14,16). The van der Waals surface area contributed by atoms with Gasteiger partial charge in [-0.15, -0.1) is 0 Å². The third-order valence-electron chi connectivity index (χ3n) is 2.94. The second-order valence-electron chi connectivity index (χ2n) is 4.46. The Hall–Kier alpha value is -1.63. The van der Waals surface area contributed by atoms with E-state index in [9.17, 15) is 4.79 Å². The summed E-state index contributed by atoms with van der Waals surface area (Å²) in [4.78, 5) is 18.2. The molecule has 1 aromatic heterocycles. The number of carbonyl (C=O) groups excluding carboxylic acids is 1. The predicted molar refractivity (Wildman–Crippen MR) is 74.0 cm³/mol. The van der Waals surface area contributed by atoms with Crippen molar-refractivity contribution < 1.29 is 10.0 Å². The Balaban J connectivity index is 2.08. The van der Waals surface area contributed by atoms with Crippen LogP contribution < -0.4 is 5.73 Å². The summed E-state index contributed by atoms with van der Waals surface area (Å²) in [5, 5.41) is 11.5. The van der Waals surface area contributed by atoms with Crippen LogP contribution in [0.3, 0.4) is 0 Å². The number of hydrogen-bond acceptors (Lipinski definition) is 4. The van der Waals surface area contributed by atoms with Gasteiger partial charge in [-0.25, -0.2) is 0 Å². The van der Waals surface area contributed by atoms with Gasteiger partial charge in [-0.2, -0.15) is 0 Å². The van der Waals surface area contributed by atoms with Crippen molar-refractivity contribution in [1.82, 2.24) is 9.88 Å². The van der Waals surface area contributed by atoms with Crippen molar-refractivity contribution >= 4 is 27.7 Å². The van der Waals surface area contributed by atoms with Crippen molar-refractivity contribution in [1.29, 1.82) is 0 Å².